The lowest BCUT2D eigenvalue weighted by molar-refractivity contribution is -0.108. The summed E-state index contributed by atoms with van der Waals surface area (Å²) in [4.78, 5) is 11.5. The summed E-state index contributed by atoms with van der Waals surface area (Å²) >= 11 is 0. The standard InChI is InChI=1S/C23H32O3/c1-5-7-8-9-13-23(25)15-20(16-24)21-12-11-19(14-22(21)26-23)18(4)17(3)10-6-2/h7-8,11-12,14-18,25H,5-6,9-10,13H2,1-4H3/b8-7+. The average molecular weight is 357 g/mol. The fraction of sp³-hybridized carbons (Fsp3) is 0.522. The molecule has 26 heavy (non-hydrogen) atoms. The van der Waals surface area contributed by atoms with Crippen LogP contribution in [0, 0.1) is 5.92 Å². The molecule has 3 atom stereocenters. The molecule has 1 aromatic rings. The fourth-order valence-electron chi connectivity index (χ4n) is 3.51. The van der Waals surface area contributed by atoms with Gasteiger partial charge in [0.1, 0.15) is 5.75 Å². The van der Waals surface area contributed by atoms with Crippen LogP contribution in [0.1, 0.15) is 76.8 Å². The third kappa shape index (κ3) is 4.85. The number of benzene rings is 1. The zero-order valence-electron chi connectivity index (χ0n) is 16.5. The van der Waals surface area contributed by atoms with Crippen molar-refractivity contribution in [1.82, 2.24) is 0 Å². The van der Waals surface area contributed by atoms with Gasteiger partial charge in [0.05, 0.1) is 0 Å². The number of fused-ring (bicyclic) bond motifs is 1. The molecule has 142 valence electrons. The summed E-state index contributed by atoms with van der Waals surface area (Å²) in [5.41, 5.74) is 2.44. The van der Waals surface area contributed by atoms with Crippen molar-refractivity contribution in [3.63, 3.8) is 0 Å². The number of aldehydes is 1. The number of allylic oxidation sites excluding steroid dienone is 3. The molecular weight excluding hydrogens is 324 g/mol. The highest BCUT2D eigenvalue weighted by Crippen LogP contribution is 2.39. The lowest BCUT2D eigenvalue weighted by Crippen LogP contribution is -2.36. The molecular formula is C23H32O3. The quantitative estimate of drug-likeness (QED) is 0.460. The first-order valence-corrected chi connectivity index (χ1v) is 9.82. The maximum atomic E-state index is 11.5. The zero-order valence-corrected chi connectivity index (χ0v) is 16.5. The van der Waals surface area contributed by atoms with Crippen LogP contribution in [0.5, 0.6) is 5.75 Å². The average Bonchev–Trinajstić information content (AvgIpc) is 2.63. The van der Waals surface area contributed by atoms with E-state index in [4.69, 9.17) is 4.74 Å². The topological polar surface area (TPSA) is 46.5 Å². The summed E-state index contributed by atoms with van der Waals surface area (Å²) in [7, 11) is 0. The van der Waals surface area contributed by atoms with Crippen LogP contribution >= 0.6 is 0 Å². The number of aliphatic hydroxyl groups is 1. The molecule has 0 saturated carbocycles. The van der Waals surface area contributed by atoms with Crippen molar-refractivity contribution in [3.8, 4) is 5.75 Å². The Kier molecular flexibility index (Phi) is 7.22. The van der Waals surface area contributed by atoms with Crippen LogP contribution in [0.2, 0.25) is 0 Å². The highest BCUT2D eigenvalue weighted by atomic mass is 16.6. The summed E-state index contributed by atoms with van der Waals surface area (Å²) < 4.78 is 5.95. The van der Waals surface area contributed by atoms with E-state index in [0.717, 1.165) is 24.7 Å². The Bertz CT molecular complexity index is 674. The van der Waals surface area contributed by atoms with E-state index in [1.54, 1.807) is 6.08 Å². The van der Waals surface area contributed by atoms with Crippen molar-refractivity contribution in [2.45, 2.75) is 71.5 Å². The van der Waals surface area contributed by atoms with Gasteiger partial charge in [0.2, 0.25) is 5.79 Å². The molecule has 3 unspecified atom stereocenters. The molecule has 1 aromatic carbocycles. The summed E-state index contributed by atoms with van der Waals surface area (Å²) in [5, 5.41) is 10.9. The van der Waals surface area contributed by atoms with E-state index in [2.05, 4.69) is 39.8 Å². The van der Waals surface area contributed by atoms with Crippen LogP contribution in [-0.4, -0.2) is 17.2 Å². The van der Waals surface area contributed by atoms with E-state index >= 15 is 0 Å². The van der Waals surface area contributed by atoms with Crippen molar-refractivity contribution >= 4 is 11.9 Å². The Morgan fingerprint density at radius 3 is 2.65 bits per heavy atom. The van der Waals surface area contributed by atoms with Crippen LogP contribution in [0.15, 0.2) is 36.4 Å². The molecule has 1 N–H and O–H groups in total. The zero-order chi connectivity index (χ0) is 19.2. The molecule has 2 rings (SSSR count). The number of ether oxygens (including phenoxy) is 1. The molecule has 0 spiro atoms. The van der Waals surface area contributed by atoms with Gasteiger partial charge in [-0.1, -0.05) is 64.8 Å². The van der Waals surface area contributed by atoms with Gasteiger partial charge in [0.15, 0.2) is 6.29 Å². The molecule has 0 aromatic heterocycles. The minimum atomic E-state index is -1.43. The second-order valence-corrected chi connectivity index (χ2v) is 7.39. The van der Waals surface area contributed by atoms with Crippen molar-refractivity contribution in [2.24, 2.45) is 5.92 Å². The van der Waals surface area contributed by atoms with Gasteiger partial charge >= 0.3 is 0 Å². The maximum absolute atomic E-state index is 11.5. The van der Waals surface area contributed by atoms with E-state index in [0.29, 0.717) is 36.0 Å². The van der Waals surface area contributed by atoms with Crippen LogP contribution in [0.4, 0.5) is 0 Å². The van der Waals surface area contributed by atoms with Crippen molar-refractivity contribution in [1.29, 1.82) is 0 Å². The van der Waals surface area contributed by atoms with Gasteiger partial charge in [0, 0.05) is 17.6 Å². The molecule has 0 saturated heterocycles. The highest BCUT2D eigenvalue weighted by Gasteiger charge is 2.33. The van der Waals surface area contributed by atoms with E-state index in [1.807, 2.05) is 18.2 Å². The van der Waals surface area contributed by atoms with Gasteiger partial charge in [-0.2, -0.15) is 0 Å². The number of carbonyl (C=O) groups is 1. The number of hydrogen-bond donors (Lipinski definition) is 1. The maximum Gasteiger partial charge on any atom is 0.229 e. The lowest BCUT2D eigenvalue weighted by atomic mass is 9.85. The first-order chi connectivity index (χ1) is 12.4. The van der Waals surface area contributed by atoms with Crippen LogP contribution in [0.25, 0.3) is 5.57 Å². The Morgan fingerprint density at radius 1 is 1.23 bits per heavy atom. The second-order valence-electron chi connectivity index (χ2n) is 7.39. The second kappa shape index (κ2) is 9.18. The molecule has 0 bridgehead atoms. The van der Waals surface area contributed by atoms with Gasteiger partial charge < -0.3 is 9.84 Å². The summed E-state index contributed by atoms with van der Waals surface area (Å²) in [6.45, 7) is 8.77. The van der Waals surface area contributed by atoms with E-state index in [1.165, 1.54) is 12.0 Å². The Labute approximate surface area is 157 Å². The Balaban J connectivity index is 2.27. The largest absolute Gasteiger partial charge is 0.458 e. The minimum Gasteiger partial charge on any atom is -0.458 e. The first kappa shape index (κ1) is 20.4. The van der Waals surface area contributed by atoms with Crippen LogP contribution in [0.3, 0.4) is 0 Å². The van der Waals surface area contributed by atoms with Crippen molar-refractivity contribution in [2.75, 3.05) is 0 Å². The summed E-state index contributed by atoms with van der Waals surface area (Å²) in [6, 6.07) is 6.01. The Morgan fingerprint density at radius 2 is 2.00 bits per heavy atom. The molecule has 1 heterocycles. The SMILES string of the molecule is CC/C=C/CCC1(O)C=C(C=O)c2ccc(C(C)C(C)CCC)cc2O1. The molecule has 0 aliphatic carbocycles. The van der Waals surface area contributed by atoms with E-state index < -0.39 is 5.79 Å². The molecule has 0 amide bonds. The molecule has 0 radical (unpaired) electrons. The van der Waals surface area contributed by atoms with Gasteiger partial charge in [-0.05, 0) is 42.4 Å². The van der Waals surface area contributed by atoms with Crippen LogP contribution < -0.4 is 4.74 Å². The molecule has 1 aliphatic rings. The fourth-order valence-corrected chi connectivity index (χ4v) is 3.51. The predicted molar refractivity (Wildman–Crippen MR) is 107 cm³/mol. The third-order valence-electron chi connectivity index (χ3n) is 5.31. The van der Waals surface area contributed by atoms with Gasteiger partial charge in [-0.25, -0.2) is 0 Å². The molecule has 3 heteroatoms. The highest BCUT2D eigenvalue weighted by molar-refractivity contribution is 6.08. The van der Waals surface area contributed by atoms with Gasteiger partial charge in [-0.3, -0.25) is 4.79 Å². The van der Waals surface area contributed by atoms with Crippen molar-refractivity contribution < 1.29 is 14.6 Å². The van der Waals surface area contributed by atoms with Gasteiger partial charge in [0.25, 0.3) is 0 Å². The minimum absolute atomic E-state index is 0.398. The molecule has 0 fully saturated rings. The van der Waals surface area contributed by atoms with Gasteiger partial charge in [-0.15, -0.1) is 0 Å². The monoisotopic (exact) mass is 356 g/mol. The number of carbonyl (C=O) groups excluding carboxylic acids is 1. The van der Waals surface area contributed by atoms with E-state index in [9.17, 15) is 9.90 Å². The lowest BCUT2D eigenvalue weighted by Gasteiger charge is -2.32. The molecule has 1 aliphatic heterocycles. The predicted octanol–water partition coefficient (Wildman–Crippen LogP) is 5.64. The number of hydrogen-bond acceptors (Lipinski definition) is 3. The third-order valence-corrected chi connectivity index (χ3v) is 5.31. The number of rotatable bonds is 9. The van der Waals surface area contributed by atoms with E-state index in [-0.39, 0.29) is 0 Å². The summed E-state index contributed by atoms with van der Waals surface area (Å²) in [6.07, 6.45) is 10.9. The first-order valence-electron chi connectivity index (χ1n) is 9.82. The normalized spacial score (nSPS) is 21.7. The van der Waals surface area contributed by atoms with Crippen molar-refractivity contribution in [3.05, 3.63) is 47.6 Å². The smallest absolute Gasteiger partial charge is 0.229 e. The Hall–Kier alpha value is -1.87. The summed E-state index contributed by atoms with van der Waals surface area (Å²) in [5.74, 6) is 0.138. The van der Waals surface area contributed by atoms with Crippen LogP contribution in [-0.2, 0) is 4.79 Å². The molecule has 3 nitrogen and oxygen atoms in total.